The first-order valence-corrected chi connectivity index (χ1v) is 6.44. The molecular weight excluding hydrogens is 274 g/mol. The van der Waals surface area contributed by atoms with Gasteiger partial charge in [0.25, 0.3) is 15.7 Å². The predicted octanol–water partition coefficient (Wildman–Crippen LogP) is 0.701. The first kappa shape index (κ1) is 12.8. The van der Waals surface area contributed by atoms with Gasteiger partial charge in [-0.1, -0.05) is 0 Å². The summed E-state index contributed by atoms with van der Waals surface area (Å²) >= 11 is 0. The Bertz CT molecular complexity index is 710. The number of anilines is 2. The monoisotopic (exact) mass is 283 g/mol. The van der Waals surface area contributed by atoms with Crippen LogP contribution >= 0.6 is 0 Å². The van der Waals surface area contributed by atoms with Gasteiger partial charge in [0.15, 0.2) is 0 Å². The van der Waals surface area contributed by atoms with Crippen LogP contribution in [0.1, 0.15) is 0 Å². The van der Waals surface area contributed by atoms with Gasteiger partial charge in [-0.15, -0.1) is 0 Å². The highest BCUT2D eigenvalue weighted by atomic mass is 32.2. The van der Waals surface area contributed by atoms with Gasteiger partial charge < -0.3 is 5.73 Å². The second-order valence-electron chi connectivity index (χ2n) is 3.57. The molecule has 1 heterocycles. The molecule has 0 aliphatic heterocycles. The standard InChI is InChI=1S/C9H9N5O4S/c10-8-3-7(1-2-9(8)14(15)16)19(17,18)13-6-4-11-12-5-6/h1-5,13H,10H2,(H,11,12). The normalized spacial score (nSPS) is 11.2. The number of rotatable bonds is 4. The molecule has 1 aromatic carbocycles. The number of nitrogens with two attached hydrogens (primary N) is 1. The summed E-state index contributed by atoms with van der Waals surface area (Å²) in [6, 6.07) is 3.18. The van der Waals surface area contributed by atoms with E-state index in [1.807, 2.05) is 0 Å². The van der Waals surface area contributed by atoms with Gasteiger partial charge in [0, 0.05) is 12.3 Å². The molecule has 0 fully saturated rings. The van der Waals surface area contributed by atoms with E-state index in [4.69, 9.17) is 5.73 Å². The highest BCUT2D eigenvalue weighted by Gasteiger charge is 2.19. The van der Waals surface area contributed by atoms with E-state index < -0.39 is 14.9 Å². The van der Waals surface area contributed by atoms with Crippen LogP contribution in [0.25, 0.3) is 0 Å². The lowest BCUT2D eigenvalue weighted by Crippen LogP contribution is -2.13. The van der Waals surface area contributed by atoms with Gasteiger partial charge in [-0.2, -0.15) is 5.10 Å². The van der Waals surface area contributed by atoms with E-state index in [-0.39, 0.29) is 22.0 Å². The largest absolute Gasteiger partial charge is 0.393 e. The number of aromatic amines is 1. The Morgan fingerprint density at radius 3 is 2.68 bits per heavy atom. The maximum Gasteiger partial charge on any atom is 0.292 e. The Morgan fingerprint density at radius 2 is 2.16 bits per heavy atom. The fraction of sp³-hybridized carbons (Fsp3) is 0. The summed E-state index contributed by atoms with van der Waals surface area (Å²) in [5, 5.41) is 16.6. The summed E-state index contributed by atoms with van der Waals surface area (Å²) in [5.41, 5.74) is 5.12. The summed E-state index contributed by atoms with van der Waals surface area (Å²) in [6.07, 6.45) is 2.64. The molecule has 0 bridgehead atoms. The zero-order valence-corrected chi connectivity index (χ0v) is 10.2. The predicted molar refractivity (Wildman–Crippen MR) is 66.9 cm³/mol. The number of nitro groups is 1. The number of hydrogen-bond donors (Lipinski definition) is 3. The minimum absolute atomic E-state index is 0.170. The van der Waals surface area contributed by atoms with E-state index >= 15 is 0 Å². The van der Waals surface area contributed by atoms with Crippen molar-refractivity contribution in [3.05, 3.63) is 40.7 Å². The number of nitrogens with one attached hydrogen (secondary N) is 2. The molecular formula is C9H9N5O4S. The Morgan fingerprint density at radius 1 is 1.42 bits per heavy atom. The van der Waals surface area contributed by atoms with Gasteiger partial charge >= 0.3 is 0 Å². The second-order valence-corrected chi connectivity index (χ2v) is 5.25. The van der Waals surface area contributed by atoms with Crippen molar-refractivity contribution in [1.82, 2.24) is 10.2 Å². The quantitative estimate of drug-likeness (QED) is 0.428. The van der Waals surface area contributed by atoms with Crippen LogP contribution in [0.15, 0.2) is 35.5 Å². The van der Waals surface area contributed by atoms with E-state index in [0.717, 1.165) is 18.2 Å². The number of aromatic nitrogens is 2. The number of sulfonamides is 1. The molecule has 0 spiro atoms. The minimum Gasteiger partial charge on any atom is -0.393 e. The highest BCUT2D eigenvalue weighted by Crippen LogP contribution is 2.25. The number of nitrogen functional groups attached to an aromatic ring is 1. The van der Waals surface area contributed by atoms with E-state index in [1.165, 1.54) is 12.4 Å². The molecule has 0 unspecified atom stereocenters. The molecule has 2 rings (SSSR count). The van der Waals surface area contributed by atoms with Crippen molar-refractivity contribution >= 4 is 27.1 Å². The van der Waals surface area contributed by atoms with Crippen LogP contribution in [0.5, 0.6) is 0 Å². The lowest BCUT2D eigenvalue weighted by Gasteiger charge is -2.06. The lowest BCUT2D eigenvalue weighted by atomic mass is 10.3. The third kappa shape index (κ3) is 2.63. The van der Waals surface area contributed by atoms with Gasteiger partial charge in [-0.3, -0.25) is 19.9 Å². The molecule has 1 aromatic heterocycles. The summed E-state index contributed by atoms with van der Waals surface area (Å²) in [4.78, 5) is 9.73. The molecule has 9 nitrogen and oxygen atoms in total. The number of benzene rings is 1. The van der Waals surface area contributed by atoms with Crippen molar-refractivity contribution < 1.29 is 13.3 Å². The summed E-state index contributed by atoms with van der Waals surface area (Å²) in [6.45, 7) is 0. The van der Waals surface area contributed by atoms with Gasteiger partial charge in [-0.05, 0) is 12.1 Å². The number of hydrogen-bond acceptors (Lipinski definition) is 6. The van der Waals surface area contributed by atoms with Crippen molar-refractivity contribution in [1.29, 1.82) is 0 Å². The van der Waals surface area contributed by atoms with Crippen LogP contribution in [-0.4, -0.2) is 23.5 Å². The third-order valence-electron chi connectivity index (χ3n) is 2.26. The van der Waals surface area contributed by atoms with Gasteiger partial charge in [0.1, 0.15) is 5.69 Å². The van der Waals surface area contributed by atoms with Gasteiger partial charge in [0.2, 0.25) is 0 Å². The second kappa shape index (κ2) is 4.57. The number of nitro benzene ring substituents is 1. The zero-order valence-electron chi connectivity index (χ0n) is 9.40. The lowest BCUT2D eigenvalue weighted by molar-refractivity contribution is -0.383. The topological polar surface area (TPSA) is 144 Å². The average Bonchev–Trinajstić information content (AvgIpc) is 2.80. The number of H-pyrrole nitrogens is 1. The van der Waals surface area contributed by atoms with Gasteiger partial charge in [0.05, 0.1) is 21.7 Å². The zero-order chi connectivity index (χ0) is 14.0. The molecule has 100 valence electrons. The third-order valence-corrected chi connectivity index (χ3v) is 3.64. The Kier molecular flexibility index (Phi) is 3.09. The molecule has 0 amide bonds. The van der Waals surface area contributed by atoms with Crippen LogP contribution in [0.3, 0.4) is 0 Å². The average molecular weight is 283 g/mol. The van der Waals surface area contributed by atoms with Crippen LogP contribution < -0.4 is 10.5 Å². The molecule has 0 saturated carbocycles. The molecule has 0 radical (unpaired) electrons. The van der Waals surface area contributed by atoms with Crippen molar-refractivity contribution in [2.45, 2.75) is 4.90 Å². The summed E-state index contributed by atoms with van der Waals surface area (Å²) in [5.74, 6) is 0. The molecule has 0 aliphatic rings. The van der Waals surface area contributed by atoms with Crippen molar-refractivity contribution in [3.8, 4) is 0 Å². The number of nitrogens with zero attached hydrogens (tertiary/aromatic N) is 2. The van der Waals surface area contributed by atoms with E-state index in [0.29, 0.717) is 0 Å². The molecule has 10 heteroatoms. The summed E-state index contributed by atoms with van der Waals surface area (Å²) < 4.78 is 26.2. The molecule has 4 N–H and O–H groups in total. The maximum atomic E-state index is 12.0. The van der Waals surface area contributed by atoms with Crippen LogP contribution in [0.4, 0.5) is 17.1 Å². The van der Waals surface area contributed by atoms with Crippen molar-refractivity contribution in [2.75, 3.05) is 10.5 Å². The first-order chi connectivity index (χ1) is 8.90. The fourth-order valence-electron chi connectivity index (χ4n) is 1.39. The molecule has 0 saturated heterocycles. The van der Waals surface area contributed by atoms with E-state index in [1.54, 1.807) is 0 Å². The van der Waals surface area contributed by atoms with E-state index in [9.17, 15) is 18.5 Å². The van der Waals surface area contributed by atoms with Crippen molar-refractivity contribution in [2.24, 2.45) is 0 Å². The Hall–Kier alpha value is -2.62. The first-order valence-electron chi connectivity index (χ1n) is 4.95. The maximum absolute atomic E-state index is 12.0. The van der Waals surface area contributed by atoms with Crippen LogP contribution in [-0.2, 0) is 10.0 Å². The summed E-state index contributed by atoms with van der Waals surface area (Å²) in [7, 11) is -3.86. The Labute approximate surface area is 107 Å². The molecule has 2 aromatic rings. The van der Waals surface area contributed by atoms with Crippen molar-refractivity contribution in [3.63, 3.8) is 0 Å². The fourth-order valence-corrected chi connectivity index (χ4v) is 2.46. The van der Waals surface area contributed by atoms with Gasteiger partial charge in [-0.25, -0.2) is 8.42 Å². The van der Waals surface area contributed by atoms with Crippen LogP contribution in [0.2, 0.25) is 0 Å². The molecule has 0 atom stereocenters. The molecule has 19 heavy (non-hydrogen) atoms. The minimum atomic E-state index is -3.86. The molecule has 0 aliphatic carbocycles. The van der Waals surface area contributed by atoms with Crippen LogP contribution in [0, 0.1) is 10.1 Å². The highest BCUT2D eigenvalue weighted by molar-refractivity contribution is 7.92. The van der Waals surface area contributed by atoms with E-state index in [2.05, 4.69) is 14.9 Å². The Balaban J connectivity index is 2.36. The SMILES string of the molecule is Nc1cc(S(=O)(=O)Nc2cn[nH]c2)ccc1[N+](=O)[O-]. The smallest absolute Gasteiger partial charge is 0.292 e.